The molecule has 1 saturated heterocycles. The maximum Gasteiger partial charge on any atom is 0.238 e. The van der Waals surface area contributed by atoms with E-state index in [-0.39, 0.29) is 5.91 Å². The predicted octanol–water partition coefficient (Wildman–Crippen LogP) is 1.60. The molecule has 19 heavy (non-hydrogen) atoms. The summed E-state index contributed by atoms with van der Waals surface area (Å²) in [6, 6.07) is 0. The second-order valence-electron chi connectivity index (χ2n) is 6.48. The molecule has 112 valence electrons. The van der Waals surface area contributed by atoms with Gasteiger partial charge >= 0.3 is 0 Å². The van der Waals surface area contributed by atoms with E-state index in [2.05, 4.69) is 31.0 Å². The molecule has 1 unspecified atom stereocenters. The van der Waals surface area contributed by atoms with Crippen molar-refractivity contribution in [1.29, 1.82) is 0 Å². The monoisotopic (exact) mass is 269 g/mol. The van der Waals surface area contributed by atoms with Gasteiger partial charge in [-0.1, -0.05) is 20.8 Å². The molecule has 0 aromatic rings. The lowest BCUT2D eigenvalue weighted by Crippen LogP contribution is -2.60. The summed E-state index contributed by atoms with van der Waals surface area (Å²) >= 11 is 0. The van der Waals surface area contributed by atoms with Crippen molar-refractivity contribution in [3.8, 4) is 0 Å². The normalized spacial score (nSPS) is 21.5. The lowest BCUT2D eigenvalue weighted by Gasteiger charge is -2.39. The Labute approximate surface area is 118 Å². The van der Waals surface area contributed by atoms with Gasteiger partial charge < -0.3 is 16.0 Å². The number of primary amides is 1. The zero-order chi connectivity index (χ0) is 14.5. The third-order valence-electron chi connectivity index (χ3n) is 4.42. The van der Waals surface area contributed by atoms with Gasteiger partial charge in [0.1, 0.15) is 5.54 Å². The molecule has 0 bridgehead atoms. The molecule has 0 saturated carbocycles. The van der Waals surface area contributed by atoms with Gasteiger partial charge in [-0.3, -0.25) is 4.79 Å². The van der Waals surface area contributed by atoms with Crippen LogP contribution in [0.4, 0.5) is 0 Å². The van der Waals surface area contributed by atoms with Crippen LogP contribution in [0.3, 0.4) is 0 Å². The number of nitrogens with zero attached hydrogens (tertiary/aromatic N) is 1. The maximum absolute atomic E-state index is 11.7. The Balaban J connectivity index is 2.50. The van der Waals surface area contributed by atoms with E-state index < -0.39 is 5.54 Å². The van der Waals surface area contributed by atoms with Crippen LogP contribution >= 0.6 is 0 Å². The van der Waals surface area contributed by atoms with Gasteiger partial charge in [-0.05, 0) is 57.7 Å². The molecule has 1 aliphatic heterocycles. The molecule has 1 amide bonds. The van der Waals surface area contributed by atoms with Crippen LogP contribution in [-0.4, -0.2) is 42.5 Å². The molecular weight excluding hydrogens is 238 g/mol. The van der Waals surface area contributed by atoms with Gasteiger partial charge in [-0.2, -0.15) is 0 Å². The number of piperidine rings is 1. The van der Waals surface area contributed by atoms with Crippen LogP contribution in [0.25, 0.3) is 0 Å². The average molecular weight is 269 g/mol. The molecule has 0 aromatic carbocycles. The molecule has 1 fully saturated rings. The SMILES string of the molecule is CCCNC(C)(CN1CCC(C(C)C)CC1)C(N)=O. The second-order valence-corrected chi connectivity index (χ2v) is 6.48. The summed E-state index contributed by atoms with van der Waals surface area (Å²) in [7, 11) is 0. The van der Waals surface area contributed by atoms with E-state index >= 15 is 0 Å². The van der Waals surface area contributed by atoms with Gasteiger partial charge in [0.05, 0.1) is 0 Å². The first-order valence-electron chi connectivity index (χ1n) is 7.66. The van der Waals surface area contributed by atoms with Crippen molar-refractivity contribution in [3.63, 3.8) is 0 Å². The molecule has 1 atom stereocenters. The molecule has 1 aliphatic rings. The van der Waals surface area contributed by atoms with Crippen LogP contribution in [0.1, 0.15) is 47.0 Å². The van der Waals surface area contributed by atoms with E-state index in [9.17, 15) is 4.79 Å². The summed E-state index contributed by atoms with van der Waals surface area (Å²) < 4.78 is 0. The number of hydrogen-bond acceptors (Lipinski definition) is 3. The smallest absolute Gasteiger partial charge is 0.238 e. The maximum atomic E-state index is 11.7. The zero-order valence-electron chi connectivity index (χ0n) is 13.0. The van der Waals surface area contributed by atoms with Gasteiger partial charge in [0.15, 0.2) is 0 Å². The quantitative estimate of drug-likeness (QED) is 0.738. The highest BCUT2D eigenvalue weighted by atomic mass is 16.1. The van der Waals surface area contributed by atoms with Crippen LogP contribution in [0, 0.1) is 11.8 Å². The lowest BCUT2D eigenvalue weighted by atomic mass is 9.86. The summed E-state index contributed by atoms with van der Waals surface area (Å²) in [5, 5.41) is 3.31. The average Bonchev–Trinajstić information content (AvgIpc) is 2.36. The van der Waals surface area contributed by atoms with Gasteiger partial charge in [0, 0.05) is 6.54 Å². The third-order valence-corrected chi connectivity index (χ3v) is 4.42. The number of likely N-dealkylation sites (tertiary alicyclic amines) is 1. The molecule has 1 heterocycles. The fraction of sp³-hybridized carbons (Fsp3) is 0.933. The lowest BCUT2D eigenvalue weighted by molar-refractivity contribution is -0.124. The number of nitrogens with two attached hydrogens (primary N) is 1. The van der Waals surface area contributed by atoms with Crippen molar-refractivity contribution in [3.05, 3.63) is 0 Å². The van der Waals surface area contributed by atoms with Crippen molar-refractivity contribution < 1.29 is 4.79 Å². The van der Waals surface area contributed by atoms with Crippen LogP contribution in [-0.2, 0) is 4.79 Å². The van der Waals surface area contributed by atoms with Gasteiger partial charge in [-0.15, -0.1) is 0 Å². The van der Waals surface area contributed by atoms with Crippen molar-refractivity contribution in [2.75, 3.05) is 26.2 Å². The van der Waals surface area contributed by atoms with E-state index in [0.717, 1.165) is 44.4 Å². The van der Waals surface area contributed by atoms with E-state index in [0.29, 0.717) is 0 Å². The Hall–Kier alpha value is -0.610. The molecule has 0 aliphatic carbocycles. The summed E-state index contributed by atoms with van der Waals surface area (Å²) in [6.07, 6.45) is 3.48. The highest BCUT2D eigenvalue weighted by Gasteiger charge is 2.34. The number of amides is 1. The number of hydrogen-bond donors (Lipinski definition) is 2. The Morgan fingerprint density at radius 2 is 2.00 bits per heavy atom. The van der Waals surface area contributed by atoms with Crippen LogP contribution in [0.2, 0.25) is 0 Å². The number of carbonyl (C=O) groups excluding carboxylic acids is 1. The van der Waals surface area contributed by atoms with E-state index in [1.165, 1.54) is 12.8 Å². The van der Waals surface area contributed by atoms with Gasteiger partial charge in [0.25, 0.3) is 0 Å². The predicted molar refractivity (Wildman–Crippen MR) is 79.9 cm³/mol. The summed E-state index contributed by atoms with van der Waals surface area (Å²) in [5.41, 5.74) is 4.98. The molecule has 4 nitrogen and oxygen atoms in total. The minimum atomic E-state index is -0.597. The fourth-order valence-electron chi connectivity index (χ4n) is 2.85. The Kier molecular flexibility index (Phi) is 6.27. The Morgan fingerprint density at radius 1 is 1.42 bits per heavy atom. The molecule has 0 radical (unpaired) electrons. The summed E-state index contributed by atoms with van der Waals surface area (Å²) in [6.45, 7) is 12.4. The van der Waals surface area contributed by atoms with Crippen molar-refractivity contribution in [2.45, 2.75) is 52.5 Å². The molecule has 0 aromatic heterocycles. The number of rotatable bonds is 7. The highest BCUT2D eigenvalue weighted by molar-refractivity contribution is 5.84. The topological polar surface area (TPSA) is 58.4 Å². The van der Waals surface area contributed by atoms with Crippen molar-refractivity contribution >= 4 is 5.91 Å². The molecular formula is C15H31N3O. The number of nitrogens with one attached hydrogen (secondary N) is 1. The van der Waals surface area contributed by atoms with Crippen LogP contribution in [0.15, 0.2) is 0 Å². The van der Waals surface area contributed by atoms with E-state index in [1.54, 1.807) is 0 Å². The minimum Gasteiger partial charge on any atom is -0.368 e. The van der Waals surface area contributed by atoms with E-state index in [1.807, 2.05) is 6.92 Å². The third kappa shape index (κ3) is 4.77. The van der Waals surface area contributed by atoms with Crippen LogP contribution < -0.4 is 11.1 Å². The van der Waals surface area contributed by atoms with Crippen molar-refractivity contribution in [2.24, 2.45) is 17.6 Å². The highest BCUT2D eigenvalue weighted by Crippen LogP contribution is 2.25. The molecule has 3 N–H and O–H groups in total. The molecule has 0 spiro atoms. The minimum absolute atomic E-state index is 0.244. The zero-order valence-corrected chi connectivity index (χ0v) is 13.0. The summed E-state index contributed by atoms with van der Waals surface area (Å²) in [5.74, 6) is 1.36. The van der Waals surface area contributed by atoms with E-state index in [4.69, 9.17) is 5.73 Å². The first-order chi connectivity index (χ1) is 8.89. The largest absolute Gasteiger partial charge is 0.368 e. The van der Waals surface area contributed by atoms with Gasteiger partial charge in [0.2, 0.25) is 5.91 Å². The standard InChI is InChI=1S/C15H31N3O/c1-5-8-17-15(4,14(16)19)11-18-9-6-13(7-10-18)12(2)3/h12-13,17H,5-11H2,1-4H3,(H2,16,19). The molecule has 4 heteroatoms. The Bertz CT molecular complexity index is 285. The second kappa shape index (κ2) is 7.25. The summed E-state index contributed by atoms with van der Waals surface area (Å²) in [4.78, 5) is 14.1. The Morgan fingerprint density at radius 3 is 2.42 bits per heavy atom. The van der Waals surface area contributed by atoms with Crippen molar-refractivity contribution in [1.82, 2.24) is 10.2 Å². The number of carbonyl (C=O) groups is 1. The fourth-order valence-corrected chi connectivity index (χ4v) is 2.85. The van der Waals surface area contributed by atoms with Crippen LogP contribution in [0.5, 0.6) is 0 Å². The first kappa shape index (κ1) is 16.4. The van der Waals surface area contributed by atoms with Gasteiger partial charge in [-0.25, -0.2) is 0 Å². The first-order valence-corrected chi connectivity index (χ1v) is 7.66. The molecule has 1 rings (SSSR count).